The van der Waals surface area contributed by atoms with Crippen LogP contribution in [0.1, 0.15) is 19.5 Å². The van der Waals surface area contributed by atoms with Crippen molar-refractivity contribution in [1.29, 1.82) is 0 Å². The third-order valence-corrected chi connectivity index (χ3v) is 4.62. The lowest BCUT2D eigenvalue weighted by atomic mass is 10.0. The van der Waals surface area contributed by atoms with Crippen LogP contribution >= 0.6 is 0 Å². The average molecular weight is 321 g/mol. The van der Waals surface area contributed by atoms with E-state index in [9.17, 15) is 0 Å². The smallest absolute Gasteiger partial charge is 0.0951 e. The third-order valence-electron chi connectivity index (χ3n) is 4.62. The molecule has 0 spiro atoms. The highest BCUT2D eigenvalue weighted by Gasteiger charge is 2.25. The van der Waals surface area contributed by atoms with E-state index >= 15 is 0 Å². The van der Waals surface area contributed by atoms with Crippen molar-refractivity contribution in [2.45, 2.75) is 25.9 Å². The highest BCUT2D eigenvalue weighted by Crippen LogP contribution is 2.26. The number of rotatable bonds is 3. The Bertz CT molecular complexity index is 834. The summed E-state index contributed by atoms with van der Waals surface area (Å²) in [5.41, 5.74) is 4.33. The first-order chi connectivity index (χ1) is 11.6. The maximum Gasteiger partial charge on any atom is 0.0951 e. The Balaban J connectivity index is 1.53. The minimum absolute atomic E-state index is 0.162. The van der Waals surface area contributed by atoms with Crippen LogP contribution in [0, 0.1) is 0 Å². The molecule has 5 nitrogen and oxygen atoms in total. The SMILES string of the molecule is CC1(C)CN(Cc2ccc(-c3c[nH]c4ccccc34)nn2)CCN1. The van der Waals surface area contributed by atoms with Gasteiger partial charge in [0.05, 0.1) is 11.4 Å². The van der Waals surface area contributed by atoms with Gasteiger partial charge in [-0.3, -0.25) is 4.90 Å². The molecule has 3 heterocycles. The van der Waals surface area contributed by atoms with E-state index in [0.29, 0.717) is 0 Å². The predicted octanol–water partition coefficient (Wildman–Crippen LogP) is 2.81. The van der Waals surface area contributed by atoms with E-state index in [0.717, 1.165) is 48.6 Å². The Labute approximate surface area is 142 Å². The van der Waals surface area contributed by atoms with Crippen LogP contribution in [-0.4, -0.2) is 45.3 Å². The van der Waals surface area contributed by atoms with Crippen molar-refractivity contribution in [3.63, 3.8) is 0 Å². The fraction of sp³-hybridized carbons (Fsp3) is 0.368. The number of nitrogens with zero attached hydrogens (tertiary/aromatic N) is 3. The van der Waals surface area contributed by atoms with E-state index in [2.05, 4.69) is 63.5 Å². The minimum Gasteiger partial charge on any atom is -0.360 e. The highest BCUT2D eigenvalue weighted by atomic mass is 15.2. The molecule has 4 rings (SSSR count). The van der Waals surface area contributed by atoms with E-state index < -0.39 is 0 Å². The van der Waals surface area contributed by atoms with Crippen LogP contribution in [0.2, 0.25) is 0 Å². The largest absolute Gasteiger partial charge is 0.360 e. The van der Waals surface area contributed by atoms with Crippen LogP contribution in [-0.2, 0) is 6.54 Å². The summed E-state index contributed by atoms with van der Waals surface area (Å²) in [7, 11) is 0. The Morgan fingerprint density at radius 3 is 2.79 bits per heavy atom. The molecular weight excluding hydrogens is 298 g/mol. The molecule has 1 aromatic carbocycles. The predicted molar refractivity (Wildman–Crippen MR) is 96.7 cm³/mol. The van der Waals surface area contributed by atoms with Crippen LogP contribution in [0.15, 0.2) is 42.6 Å². The monoisotopic (exact) mass is 321 g/mol. The summed E-state index contributed by atoms with van der Waals surface area (Å²) in [6.07, 6.45) is 2.01. The quantitative estimate of drug-likeness (QED) is 0.779. The first kappa shape index (κ1) is 15.3. The van der Waals surface area contributed by atoms with Gasteiger partial charge in [-0.1, -0.05) is 18.2 Å². The first-order valence-corrected chi connectivity index (χ1v) is 8.47. The van der Waals surface area contributed by atoms with Gasteiger partial charge in [-0.05, 0) is 32.0 Å². The zero-order valence-corrected chi connectivity index (χ0v) is 14.2. The number of piperazine rings is 1. The molecule has 1 fully saturated rings. The Morgan fingerprint density at radius 2 is 2.00 bits per heavy atom. The molecule has 0 atom stereocenters. The number of aromatic amines is 1. The van der Waals surface area contributed by atoms with Gasteiger partial charge in [0.1, 0.15) is 0 Å². The van der Waals surface area contributed by atoms with Crippen molar-refractivity contribution in [3.8, 4) is 11.3 Å². The van der Waals surface area contributed by atoms with E-state index in [1.165, 1.54) is 5.39 Å². The summed E-state index contributed by atoms with van der Waals surface area (Å²) in [4.78, 5) is 5.73. The highest BCUT2D eigenvalue weighted by molar-refractivity contribution is 5.94. The number of aromatic nitrogens is 3. The maximum absolute atomic E-state index is 4.46. The lowest BCUT2D eigenvalue weighted by Gasteiger charge is -2.38. The molecule has 0 amide bonds. The molecule has 0 aliphatic carbocycles. The fourth-order valence-corrected chi connectivity index (χ4v) is 3.48. The van der Waals surface area contributed by atoms with Crippen molar-refractivity contribution in [3.05, 3.63) is 48.3 Å². The maximum atomic E-state index is 4.46. The lowest BCUT2D eigenvalue weighted by Crippen LogP contribution is -2.56. The Kier molecular flexibility index (Phi) is 3.82. The number of fused-ring (bicyclic) bond motifs is 1. The lowest BCUT2D eigenvalue weighted by molar-refractivity contribution is 0.146. The molecule has 1 aliphatic rings. The van der Waals surface area contributed by atoms with Crippen molar-refractivity contribution in [2.75, 3.05) is 19.6 Å². The number of hydrogen-bond donors (Lipinski definition) is 2. The molecule has 0 radical (unpaired) electrons. The van der Waals surface area contributed by atoms with Crippen LogP contribution in [0.3, 0.4) is 0 Å². The Hall–Kier alpha value is -2.24. The van der Waals surface area contributed by atoms with Crippen LogP contribution in [0.4, 0.5) is 0 Å². The van der Waals surface area contributed by atoms with Crippen LogP contribution in [0.25, 0.3) is 22.2 Å². The second-order valence-electron chi connectivity index (χ2n) is 7.18. The van der Waals surface area contributed by atoms with Gasteiger partial charge in [0, 0.05) is 54.4 Å². The summed E-state index contributed by atoms with van der Waals surface area (Å²) in [5, 5.41) is 13.6. The Morgan fingerprint density at radius 1 is 1.12 bits per heavy atom. The molecule has 0 unspecified atom stereocenters. The van der Waals surface area contributed by atoms with Gasteiger partial charge in [0.25, 0.3) is 0 Å². The molecule has 3 aromatic rings. The number of benzene rings is 1. The normalized spacial score (nSPS) is 18.1. The van der Waals surface area contributed by atoms with Gasteiger partial charge in [-0.2, -0.15) is 10.2 Å². The molecule has 0 bridgehead atoms. The molecule has 24 heavy (non-hydrogen) atoms. The average Bonchev–Trinajstić information content (AvgIpc) is 2.99. The van der Waals surface area contributed by atoms with Crippen molar-refractivity contribution in [1.82, 2.24) is 25.4 Å². The topological polar surface area (TPSA) is 56.8 Å². The second kappa shape index (κ2) is 6.00. The van der Waals surface area contributed by atoms with E-state index in [-0.39, 0.29) is 5.54 Å². The van der Waals surface area contributed by atoms with E-state index in [4.69, 9.17) is 0 Å². The van der Waals surface area contributed by atoms with Gasteiger partial charge < -0.3 is 10.3 Å². The van der Waals surface area contributed by atoms with Crippen LogP contribution in [0.5, 0.6) is 0 Å². The molecule has 1 saturated heterocycles. The summed E-state index contributed by atoms with van der Waals surface area (Å²) < 4.78 is 0. The molecule has 2 N–H and O–H groups in total. The van der Waals surface area contributed by atoms with Gasteiger partial charge in [0.2, 0.25) is 0 Å². The second-order valence-corrected chi connectivity index (χ2v) is 7.18. The summed E-state index contributed by atoms with van der Waals surface area (Å²) >= 11 is 0. The standard InChI is InChI=1S/C19H23N5/c1-19(2)13-24(10-9-21-19)12-14-7-8-18(23-22-14)16-11-20-17-6-4-3-5-15(16)17/h3-8,11,20-21H,9-10,12-13H2,1-2H3. The molecule has 2 aromatic heterocycles. The molecule has 0 saturated carbocycles. The number of nitrogens with one attached hydrogen (secondary N) is 2. The van der Waals surface area contributed by atoms with Gasteiger partial charge in [0.15, 0.2) is 0 Å². The minimum atomic E-state index is 0.162. The zero-order valence-electron chi connectivity index (χ0n) is 14.2. The molecule has 124 valence electrons. The van der Waals surface area contributed by atoms with Gasteiger partial charge >= 0.3 is 0 Å². The molecule has 5 heteroatoms. The summed E-state index contributed by atoms with van der Waals surface area (Å²) in [6.45, 7) is 8.43. The van der Waals surface area contributed by atoms with Crippen molar-refractivity contribution in [2.24, 2.45) is 0 Å². The van der Waals surface area contributed by atoms with Crippen LogP contribution < -0.4 is 5.32 Å². The first-order valence-electron chi connectivity index (χ1n) is 8.47. The van der Waals surface area contributed by atoms with Gasteiger partial charge in [-0.15, -0.1) is 0 Å². The van der Waals surface area contributed by atoms with Gasteiger partial charge in [-0.25, -0.2) is 0 Å². The van der Waals surface area contributed by atoms with Crippen molar-refractivity contribution >= 4 is 10.9 Å². The van der Waals surface area contributed by atoms with E-state index in [1.54, 1.807) is 0 Å². The number of hydrogen-bond acceptors (Lipinski definition) is 4. The zero-order chi connectivity index (χ0) is 16.6. The molecular formula is C19H23N5. The van der Waals surface area contributed by atoms with Crippen molar-refractivity contribution < 1.29 is 0 Å². The number of para-hydroxylation sites is 1. The number of H-pyrrole nitrogens is 1. The molecule has 1 aliphatic heterocycles. The fourth-order valence-electron chi connectivity index (χ4n) is 3.48. The summed E-state index contributed by atoms with van der Waals surface area (Å²) in [6, 6.07) is 12.4. The van der Waals surface area contributed by atoms with E-state index in [1.807, 2.05) is 18.3 Å². The summed E-state index contributed by atoms with van der Waals surface area (Å²) in [5.74, 6) is 0. The third kappa shape index (κ3) is 3.05.